The fraction of sp³-hybridized carbons (Fsp3) is 0.524. The summed E-state index contributed by atoms with van der Waals surface area (Å²) in [7, 11) is 0. The molecule has 1 aromatic heterocycles. The molecule has 1 aromatic carbocycles. The van der Waals surface area contributed by atoms with E-state index in [1.54, 1.807) is 0 Å². The summed E-state index contributed by atoms with van der Waals surface area (Å²) >= 11 is 0. The van der Waals surface area contributed by atoms with E-state index in [2.05, 4.69) is 22.8 Å². The Labute approximate surface area is 156 Å². The van der Waals surface area contributed by atoms with Gasteiger partial charge in [0, 0.05) is 25.3 Å². The molecule has 0 bridgehead atoms. The summed E-state index contributed by atoms with van der Waals surface area (Å²) in [6, 6.07) is 9.96. The fourth-order valence-electron chi connectivity index (χ4n) is 3.63. The zero-order valence-electron chi connectivity index (χ0n) is 16.1. The molecule has 5 nitrogen and oxygen atoms in total. The second-order valence-corrected chi connectivity index (χ2v) is 7.19. The summed E-state index contributed by atoms with van der Waals surface area (Å²) in [5.74, 6) is 1.68. The maximum atomic E-state index is 12.6. The molecule has 0 aliphatic carbocycles. The lowest BCUT2D eigenvalue weighted by Crippen LogP contribution is -2.40. The number of carbonyl (C=O) groups excluding carboxylic acids is 1. The maximum absolute atomic E-state index is 12.6. The van der Waals surface area contributed by atoms with Crippen LogP contribution in [0.4, 0.5) is 0 Å². The number of nitrogens with zero attached hydrogens (tertiary/aromatic N) is 3. The van der Waals surface area contributed by atoms with Crippen LogP contribution >= 0.6 is 0 Å². The second kappa shape index (κ2) is 8.39. The molecule has 0 saturated carbocycles. The maximum Gasteiger partial charge on any atom is 0.226 e. The summed E-state index contributed by atoms with van der Waals surface area (Å²) in [6.45, 7) is 9.42. The van der Waals surface area contributed by atoms with Gasteiger partial charge >= 0.3 is 0 Å². The van der Waals surface area contributed by atoms with Gasteiger partial charge in [-0.25, -0.2) is 0 Å². The molecule has 0 unspecified atom stereocenters. The van der Waals surface area contributed by atoms with Crippen LogP contribution in [0, 0.1) is 19.8 Å². The first-order valence-electron chi connectivity index (χ1n) is 9.55. The molecule has 0 atom stereocenters. The van der Waals surface area contributed by atoms with Gasteiger partial charge in [-0.2, -0.15) is 5.10 Å². The number of rotatable bonds is 6. The van der Waals surface area contributed by atoms with Crippen molar-refractivity contribution in [2.75, 3.05) is 19.7 Å². The van der Waals surface area contributed by atoms with Gasteiger partial charge in [-0.1, -0.05) is 12.1 Å². The van der Waals surface area contributed by atoms with Gasteiger partial charge in [-0.05, 0) is 63.3 Å². The van der Waals surface area contributed by atoms with Gasteiger partial charge in [-0.15, -0.1) is 0 Å². The molecule has 140 valence electrons. The molecule has 0 radical (unpaired) electrons. The van der Waals surface area contributed by atoms with Crippen LogP contribution in [-0.4, -0.2) is 40.3 Å². The first-order chi connectivity index (χ1) is 12.5. The largest absolute Gasteiger partial charge is 0.494 e. The second-order valence-electron chi connectivity index (χ2n) is 7.19. The molecule has 1 aliphatic rings. The third-order valence-corrected chi connectivity index (χ3v) is 5.09. The van der Waals surface area contributed by atoms with Gasteiger partial charge < -0.3 is 9.64 Å². The van der Waals surface area contributed by atoms with Crippen LogP contribution in [0.3, 0.4) is 0 Å². The third kappa shape index (κ3) is 4.65. The van der Waals surface area contributed by atoms with Gasteiger partial charge in [-0.3, -0.25) is 9.48 Å². The Balaban J connectivity index is 1.48. The van der Waals surface area contributed by atoms with E-state index in [1.807, 2.05) is 43.0 Å². The summed E-state index contributed by atoms with van der Waals surface area (Å²) in [5, 5.41) is 4.56. The van der Waals surface area contributed by atoms with E-state index in [1.165, 1.54) is 5.69 Å². The van der Waals surface area contributed by atoms with Crippen molar-refractivity contribution >= 4 is 5.91 Å². The molecule has 1 amide bonds. The number of piperidine rings is 1. The van der Waals surface area contributed by atoms with Crippen LogP contribution in [0.1, 0.15) is 36.7 Å². The summed E-state index contributed by atoms with van der Waals surface area (Å²) in [5.41, 5.74) is 3.34. The van der Waals surface area contributed by atoms with Crippen molar-refractivity contribution < 1.29 is 9.53 Å². The van der Waals surface area contributed by atoms with Crippen molar-refractivity contribution in [3.8, 4) is 5.75 Å². The zero-order chi connectivity index (χ0) is 18.5. The average molecular weight is 355 g/mol. The molecule has 2 aromatic rings. The number of hydrogen-bond acceptors (Lipinski definition) is 3. The highest BCUT2D eigenvalue weighted by Gasteiger charge is 2.23. The Morgan fingerprint density at radius 3 is 2.46 bits per heavy atom. The van der Waals surface area contributed by atoms with Crippen molar-refractivity contribution in [2.45, 2.75) is 46.6 Å². The van der Waals surface area contributed by atoms with Crippen molar-refractivity contribution in [3.05, 3.63) is 47.3 Å². The van der Waals surface area contributed by atoms with Crippen LogP contribution in [0.25, 0.3) is 0 Å². The van der Waals surface area contributed by atoms with Crippen molar-refractivity contribution in [1.82, 2.24) is 14.7 Å². The summed E-state index contributed by atoms with van der Waals surface area (Å²) in [4.78, 5) is 14.6. The average Bonchev–Trinajstić information content (AvgIpc) is 2.94. The van der Waals surface area contributed by atoms with E-state index < -0.39 is 0 Å². The number of hydrogen-bond donors (Lipinski definition) is 0. The molecular weight excluding hydrogens is 326 g/mol. The summed E-state index contributed by atoms with van der Waals surface area (Å²) < 4.78 is 7.56. The molecule has 5 heteroatoms. The Morgan fingerprint density at radius 2 is 1.88 bits per heavy atom. The van der Waals surface area contributed by atoms with Crippen molar-refractivity contribution in [2.24, 2.45) is 5.92 Å². The molecule has 1 aliphatic heterocycles. The molecule has 0 N–H and O–H groups in total. The Hall–Kier alpha value is -2.30. The van der Waals surface area contributed by atoms with Crippen LogP contribution < -0.4 is 4.74 Å². The van der Waals surface area contributed by atoms with Crippen LogP contribution in [0.2, 0.25) is 0 Å². The minimum atomic E-state index is 0.221. The fourth-order valence-corrected chi connectivity index (χ4v) is 3.63. The molecule has 1 fully saturated rings. The zero-order valence-corrected chi connectivity index (χ0v) is 16.1. The number of likely N-dealkylation sites (tertiary alicyclic amines) is 1. The number of amides is 1. The van der Waals surface area contributed by atoms with E-state index >= 15 is 0 Å². The number of benzene rings is 1. The Kier molecular flexibility index (Phi) is 5.96. The van der Waals surface area contributed by atoms with Crippen LogP contribution in [-0.2, 0) is 17.8 Å². The van der Waals surface area contributed by atoms with Gasteiger partial charge in [0.15, 0.2) is 0 Å². The highest BCUT2D eigenvalue weighted by atomic mass is 16.5. The minimum Gasteiger partial charge on any atom is -0.494 e. The number of carbonyl (C=O) groups is 1. The quantitative estimate of drug-likeness (QED) is 0.798. The van der Waals surface area contributed by atoms with Crippen LogP contribution in [0.5, 0.6) is 5.75 Å². The highest BCUT2D eigenvalue weighted by molar-refractivity contribution is 5.78. The van der Waals surface area contributed by atoms with E-state index in [9.17, 15) is 4.79 Å². The standard InChI is InChI=1S/C21H29N3O2/c1-4-26-20-7-5-18(6-8-20)14-21(25)23-11-9-19(10-12-23)15-24-17(3)13-16(2)22-24/h5-8,13,19H,4,9-12,14-15H2,1-3H3. The first kappa shape index (κ1) is 18.5. The van der Waals surface area contributed by atoms with Crippen molar-refractivity contribution in [3.63, 3.8) is 0 Å². The predicted molar refractivity (Wildman–Crippen MR) is 102 cm³/mol. The smallest absolute Gasteiger partial charge is 0.226 e. The topological polar surface area (TPSA) is 47.4 Å². The van der Waals surface area contributed by atoms with E-state index in [0.29, 0.717) is 18.9 Å². The van der Waals surface area contributed by atoms with Gasteiger partial charge in [0.1, 0.15) is 5.75 Å². The number of ether oxygens (including phenoxy) is 1. The van der Waals surface area contributed by atoms with Gasteiger partial charge in [0.25, 0.3) is 0 Å². The lowest BCUT2D eigenvalue weighted by Gasteiger charge is -2.32. The van der Waals surface area contributed by atoms with Crippen LogP contribution in [0.15, 0.2) is 30.3 Å². The molecule has 2 heterocycles. The molecule has 1 saturated heterocycles. The third-order valence-electron chi connectivity index (χ3n) is 5.09. The Bertz CT molecular complexity index is 728. The van der Waals surface area contributed by atoms with E-state index in [-0.39, 0.29) is 5.91 Å². The predicted octanol–water partition coefficient (Wildman–Crippen LogP) is 3.38. The summed E-state index contributed by atoms with van der Waals surface area (Å²) in [6.07, 6.45) is 2.56. The lowest BCUT2D eigenvalue weighted by molar-refractivity contribution is -0.131. The van der Waals surface area contributed by atoms with Crippen molar-refractivity contribution in [1.29, 1.82) is 0 Å². The first-order valence-corrected chi connectivity index (χ1v) is 9.55. The van der Waals surface area contributed by atoms with Gasteiger partial charge in [0.05, 0.1) is 18.7 Å². The lowest BCUT2D eigenvalue weighted by atomic mass is 9.96. The monoisotopic (exact) mass is 355 g/mol. The minimum absolute atomic E-state index is 0.221. The van der Waals surface area contributed by atoms with Gasteiger partial charge in [0.2, 0.25) is 5.91 Å². The van der Waals surface area contributed by atoms with E-state index in [4.69, 9.17) is 4.74 Å². The molecule has 0 spiro atoms. The van der Waals surface area contributed by atoms with E-state index in [0.717, 1.165) is 49.5 Å². The normalized spacial score (nSPS) is 15.3. The number of aromatic nitrogens is 2. The molecule has 26 heavy (non-hydrogen) atoms. The Morgan fingerprint density at radius 1 is 1.19 bits per heavy atom. The molecule has 3 rings (SSSR count). The highest BCUT2D eigenvalue weighted by Crippen LogP contribution is 2.21. The SMILES string of the molecule is CCOc1ccc(CC(=O)N2CCC(Cn3nc(C)cc3C)CC2)cc1. The number of aryl methyl sites for hydroxylation is 2. The molecular formula is C21H29N3O2.